The van der Waals surface area contributed by atoms with Gasteiger partial charge in [0.25, 0.3) is 0 Å². The van der Waals surface area contributed by atoms with E-state index in [0.717, 1.165) is 23.4 Å². The molecule has 0 fully saturated rings. The molecular weight excluding hydrogens is 256 g/mol. The molecule has 0 saturated carbocycles. The third-order valence-corrected chi connectivity index (χ3v) is 3.71. The second-order valence-electron chi connectivity index (χ2n) is 5.13. The number of nitrogens with zero attached hydrogens (tertiary/aromatic N) is 1. The largest absolute Gasteiger partial charge is 0.381 e. The number of benzene rings is 3. The first kappa shape index (κ1) is 13.2. The predicted molar refractivity (Wildman–Crippen MR) is 87.2 cm³/mol. The molecule has 2 nitrogen and oxygen atoms in total. The molecular formula is C19H16N2. The van der Waals surface area contributed by atoms with Crippen LogP contribution in [0.2, 0.25) is 0 Å². The van der Waals surface area contributed by atoms with E-state index >= 15 is 0 Å². The number of hydrogen-bond acceptors (Lipinski definition) is 2. The highest BCUT2D eigenvalue weighted by molar-refractivity contribution is 5.85. The summed E-state index contributed by atoms with van der Waals surface area (Å²) in [6, 6.07) is 22.8. The van der Waals surface area contributed by atoms with Crippen molar-refractivity contribution in [3.05, 3.63) is 77.4 Å². The van der Waals surface area contributed by atoms with Crippen molar-refractivity contribution in [3.8, 4) is 6.07 Å². The molecule has 102 valence electrons. The molecule has 0 aromatic heterocycles. The van der Waals surface area contributed by atoms with Gasteiger partial charge in [-0.3, -0.25) is 0 Å². The van der Waals surface area contributed by atoms with Gasteiger partial charge in [-0.25, -0.2) is 0 Å². The maximum Gasteiger partial charge on any atom is 0.0994 e. The van der Waals surface area contributed by atoms with E-state index in [1.165, 1.54) is 16.3 Å². The van der Waals surface area contributed by atoms with Crippen molar-refractivity contribution in [3.63, 3.8) is 0 Å². The Balaban J connectivity index is 1.84. The highest BCUT2D eigenvalue weighted by Crippen LogP contribution is 2.20. The zero-order valence-electron chi connectivity index (χ0n) is 11.9. The van der Waals surface area contributed by atoms with Crippen molar-refractivity contribution in [2.24, 2.45) is 0 Å². The fourth-order valence-electron chi connectivity index (χ4n) is 2.54. The lowest BCUT2D eigenvalue weighted by atomic mass is 10.0. The first-order valence-electron chi connectivity index (χ1n) is 6.99. The Morgan fingerprint density at radius 3 is 2.62 bits per heavy atom. The molecule has 2 heteroatoms. The van der Waals surface area contributed by atoms with E-state index in [2.05, 4.69) is 53.9 Å². The van der Waals surface area contributed by atoms with Crippen LogP contribution in [-0.2, 0) is 6.54 Å². The number of rotatable bonds is 3. The van der Waals surface area contributed by atoms with Gasteiger partial charge >= 0.3 is 0 Å². The Morgan fingerprint density at radius 1 is 1.00 bits per heavy atom. The Kier molecular flexibility index (Phi) is 3.57. The van der Waals surface area contributed by atoms with E-state index in [9.17, 15) is 0 Å². The average Bonchev–Trinajstić information content (AvgIpc) is 2.53. The number of aryl methyl sites for hydroxylation is 1. The lowest BCUT2D eigenvalue weighted by Crippen LogP contribution is -2.00. The van der Waals surface area contributed by atoms with Gasteiger partial charge in [-0.15, -0.1) is 0 Å². The third kappa shape index (κ3) is 2.73. The number of anilines is 1. The minimum atomic E-state index is 0.728. The van der Waals surface area contributed by atoms with E-state index in [4.69, 9.17) is 5.26 Å². The van der Waals surface area contributed by atoms with Crippen LogP contribution in [0.5, 0.6) is 0 Å². The molecule has 0 radical (unpaired) electrons. The highest BCUT2D eigenvalue weighted by Gasteiger charge is 2.02. The fourth-order valence-corrected chi connectivity index (χ4v) is 2.54. The molecule has 0 heterocycles. The molecule has 0 unspecified atom stereocenters. The highest BCUT2D eigenvalue weighted by atomic mass is 14.9. The summed E-state index contributed by atoms with van der Waals surface area (Å²) >= 11 is 0. The average molecular weight is 272 g/mol. The van der Waals surface area contributed by atoms with Crippen molar-refractivity contribution in [1.82, 2.24) is 0 Å². The van der Waals surface area contributed by atoms with Crippen LogP contribution >= 0.6 is 0 Å². The van der Waals surface area contributed by atoms with E-state index in [1.807, 2.05) is 25.1 Å². The molecule has 21 heavy (non-hydrogen) atoms. The van der Waals surface area contributed by atoms with Crippen LogP contribution in [0.15, 0.2) is 60.7 Å². The van der Waals surface area contributed by atoms with Crippen molar-refractivity contribution in [1.29, 1.82) is 5.26 Å². The minimum Gasteiger partial charge on any atom is -0.381 e. The number of nitriles is 1. The summed E-state index contributed by atoms with van der Waals surface area (Å²) in [5.41, 5.74) is 4.04. The van der Waals surface area contributed by atoms with Gasteiger partial charge in [0.15, 0.2) is 0 Å². The maximum atomic E-state index is 8.97. The summed E-state index contributed by atoms with van der Waals surface area (Å²) in [6.45, 7) is 2.73. The summed E-state index contributed by atoms with van der Waals surface area (Å²) in [5, 5.41) is 14.9. The topological polar surface area (TPSA) is 35.8 Å². The molecule has 0 aliphatic rings. The zero-order chi connectivity index (χ0) is 14.7. The van der Waals surface area contributed by atoms with Crippen LogP contribution in [-0.4, -0.2) is 0 Å². The van der Waals surface area contributed by atoms with Gasteiger partial charge in [-0.1, -0.05) is 42.5 Å². The second-order valence-corrected chi connectivity index (χ2v) is 5.13. The lowest BCUT2D eigenvalue weighted by Gasteiger charge is -2.10. The van der Waals surface area contributed by atoms with E-state index in [-0.39, 0.29) is 0 Å². The maximum absolute atomic E-state index is 8.97. The smallest absolute Gasteiger partial charge is 0.0994 e. The van der Waals surface area contributed by atoms with Gasteiger partial charge in [0.05, 0.1) is 11.6 Å². The summed E-state index contributed by atoms with van der Waals surface area (Å²) in [5.74, 6) is 0. The van der Waals surface area contributed by atoms with E-state index < -0.39 is 0 Å². The van der Waals surface area contributed by atoms with Crippen LogP contribution in [0.1, 0.15) is 16.7 Å². The van der Waals surface area contributed by atoms with Gasteiger partial charge in [0.1, 0.15) is 0 Å². The molecule has 0 bridgehead atoms. The van der Waals surface area contributed by atoms with Gasteiger partial charge < -0.3 is 5.32 Å². The zero-order valence-corrected chi connectivity index (χ0v) is 11.9. The number of hydrogen-bond donors (Lipinski definition) is 1. The van der Waals surface area contributed by atoms with E-state index in [0.29, 0.717) is 0 Å². The quantitative estimate of drug-likeness (QED) is 0.754. The summed E-state index contributed by atoms with van der Waals surface area (Å²) in [6.07, 6.45) is 0. The van der Waals surface area contributed by atoms with Crippen LogP contribution in [0, 0.1) is 18.3 Å². The fraction of sp³-hybridized carbons (Fsp3) is 0.105. The molecule has 0 saturated heterocycles. The molecule has 3 aromatic rings. The molecule has 0 spiro atoms. The standard InChI is InChI=1S/C19H16N2/c1-14-11-18(10-9-16(14)12-20)21-13-17-7-4-6-15-5-2-3-8-19(15)17/h2-11,21H,13H2,1H3. The predicted octanol–water partition coefficient (Wildman–Crippen LogP) is 4.63. The van der Waals surface area contributed by atoms with Crippen LogP contribution in [0.3, 0.4) is 0 Å². The Hall–Kier alpha value is -2.79. The van der Waals surface area contributed by atoms with Crippen molar-refractivity contribution < 1.29 is 0 Å². The Morgan fingerprint density at radius 2 is 1.81 bits per heavy atom. The molecule has 0 aliphatic carbocycles. The summed E-state index contributed by atoms with van der Waals surface area (Å²) in [7, 11) is 0. The van der Waals surface area contributed by atoms with Crippen LogP contribution in [0.25, 0.3) is 10.8 Å². The summed E-state index contributed by atoms with van der Waals surface area (Å²) in [4.78, 5) is 0. The van der Waals surface area contributed by atoms with Gasteiger partial charge in [0, 0.05) is 12.2 Å². The number of fused-ring (bicyclic) bond motifs is 1. The molecule has 0 atom stereocenters. The van der Waals surface area contributed by atoms with Gasteiger partial charge in [-0.05, 0) is 47.0 Å². The molecule has 0 amide bonds. The normalized spacial score (nSPS) is 10.3. The molecule has 3 aromatic carbocycles. The Labute approximate surface area is 124 Å². The lowest BCUT2D eigenvalue weighted by molar-refractivity contribution is 1.16. The first-order chi connectivity index (χ1) is 10.3. The van der Waals surface area contributed by atoms with E-state index in [1.54, 1.807) is 0 Å². The van der Waals surface area contributed by atoms with Crippen molar-refractivity contribution >= 4 is 16.5 Å². The van der Waals surface area contributed by atoms with Gasteiger partial charge in [0.2, 0.25) is 0 Å². The summed E-state index contributed by atoms with van der Waals surface area (Å²) < 4.78 is 0. The van der Waals surface area contributed by atoms with Crippen molar-refractivity contribution in [2.75, 3.05) is 5.32 Å². The van der Waals surface area contributed by atoms with Crippen LogP contribution < -0.4 is 5.32 Å². The molecule has 3 rings (SSSR count). The SMILES string of the molecule is Cc1cc(NCc2cccc3ccccc23)ccc1C#N. The Bertz CT molecular complexity index is 823. The minimum absolute atomic E-state index is 0.728. The van der Waals surface area contributed by atoms with Crippen LogP contribution in [0.4, 0.5) is 5.69 Å². The second kappa shape index (κ2) is 5.68. The molecule has 1 N–H and O–H groups in total. The van der Waals surface area contributed by atoms with Crippen molar-refractivity contribution in [2.45, 2.75) is 13.5 Å². The number of nitrogens with one attached hydrogen (secondary N) is 1. The first-order valence-corrected chi connectivity index (χ1v) is 6.99. The van der Waals surface area contributed by atoms with Gasteiger partial charge in [-0.2, -0.15) is 5.26 Å². The monoisotopic (exact) mass is 272 g/mol. The third-order valence-electron chi connectivity index (χ3n) is 3.71. The molecule has 0 aliphatic heterocycles.